The van der Waals surface area contributed by atoms with Crippen molar-refractivity contribution >= 4 is 5.96 Å². The maximum atomic E-state index is 5.87. The van der Waals surface area contributed by atoms with Crippen molar-refractivity contribution < 1.29 is 0 Å². The fourth-order valence-electron chi connectivity index (χ4n) is 2.04. The van der Waals surface area contributed by atoms with Crippen LogP contribution in [0, 0.1) is 0 Å². The summed E-state index contributed by atoms with van der Waals surface area (Å²) in [7, 11) is 2.15. The van der Waals surface area contributed by atoms with Crippen LogP contribution in [0.2, 0.25) is 0 Å². The highest BCUT2D eigenvalue weighted by Gasteiger charge is 2.11. The minimum Gasteiger partial charge on any atom is -0.370 e. The number of nitrogens with one attached hydrogen (secondary N) is 1. The third-order valence-corrected chi connectivity index (χ3v) is 3.36. The summed E-state index contributed by atoms with van der Waals surface area (Å²) < 4.78 is 0. The van der Waals surface area contributed by atoms with Gasteiger partial charge in [0.1, 0.15) is 0 Å². The van der Waals surface area contributed by atoms with E-state index in [9.17, 15) is 0 Å². The molecule has 1 rings (SSSR count). The number of benzene rings is 1. The highest BCUT2D eigenvalue weighted by molar-refractivity contribution is 5.78. The lowest BCUT2D eigenvalue weighted by Gasteiger charge is -2.24. The molecule has 4 heteroatoms. The van der Waals surface area contributed by atoms with E-state index in [2.05, 4.69) is 74.2 Å². The molecule has 21 heavy (non-hydrogen) atoms. The predicted molar refractivity (Wildman–Crippen MR) is 91.4 cm³/mol. The number of nitrogens with zero attached hydrogens (tertiary/aromatic N) is 2. The molecule has 1 aromatic carbocycles. The van der Waals surface area contributed by atoms with Crippen LogP contribution in [-0.2, 0) is 6.54 Å². The molecule has 3 N–H and O–H groups in total. The van der Waals surface area contributed by atoms with Crippen LogP contribution in [-0.4, -0.2) is 36.0 Å². The highest BCUT2D eigenvalue weighted by Crippen LogP contribution is 2.08. The maximum Gasteiger partial charge on any atom is 0.188 e. The number of hydrogen-bond acceptors (Lipinski definition) is 2. The van der Waals surface area contributed by atoms with E-state index < -0.39 is 0 Å². The van der Waals surface area contributed by atoms with Gasteiger partial charge in [0.15, 0.2) is 5.96 Å². The molecule has 0 aromatic heterocycles. The van der Waals surface area contributed by atoms with Crippen LogP contribution in [0.25, 0.3) is 0 Å². The van der Waals surface area contributed by atoms with Crippen LogP contribution < -0.4 is 11.1 Å². The van der Waals surface area contributed by atoms with E-state index in [1.165, 1.54) is 5.56 Å². The lowest BCUT2D eigenvalue weighted by Crippen LogP contribution is -2.45. The average molecular weight is 290 g/mol. The first-order chi connectivity index (χ1) is 9.78. The molecular formula is C17H30N4. The van der Waals surface area contributed by atoms with Gasteiger partial charge in [-0.15, -0.1) is 0 Å². The van der Waals surface area contributed by atoms with Crippen molar-refractivity contribution in [3.05, 3.63) is 35.9 Å². The van der Waals surface area contributed by atoms with Crippen LogP contribution in [0.5, 0.6) is 0 Å². The maximum absolute atomic E-state index is 5.87. The van der Waals surface area contributed by atoms with Crippen molar-refractivity contribution in [3.8, 4) is 0 Å². The molecule has 1 unspecified atom stereocenters. The summed E-state index contributed by atoms with van der Waals surface area (Å²) in [5.41, 5.74) is 7.17. The van der Waals surface area contributed by atoms with Crippen molar-refractivity contribution in [3.63, 3.8) is 0 Å². The standard InChI is InChI=1S/C17H30N4/c1-14(11-12-19-16(18)20-17(2,3)4)21(5)13-15-9-7-6-8-10-15/h6-10,14H,11-13H2,1-5H3,(H3,18,19,20). The van der Waals surface area contributed by atoms with Crippen LogP contribution in [0.15, 0.2) is 35.3 Å². The Kier molecular flexibility index (Phi) is 6.69. The topological polar surface area (TPSA) is 53.6 Å². The molecule has 0 aliphatic rings. The van der Waals surface area contributed by atoms with Gasteiger partial charge in [-0.05, 0) is 46.7 Å². The fourth-order valence-corrected chi connectivity index (χ4v) is 2.04. The van der Waals surface area contributed by atoms with Crippen molar-refractivity contribution in [2.24, 2.45) is 10.7 Å². The third kappa shape index (κ3) is 7.71. The molecule has 0 amide bonds. The van der Waals surface area contributed by atoms with Crippen LogP contribution in [0.3, 0.4) is 0 Å². The van der Waals surface area contributed by atoms with Gasteiger partial charge in [-0.2, -0.15) is 0 Å². The molecule has 1 aromatic rings. The van der Waals surface area contributed by atoms with Gasteiger partial charge in [0.2, 0.25) is 0 Å². The second kappa shape index (κ2) is 8.03. The van der Waals surface area contributed by atoms with Gasteiger partial charge in [0, 0.05) is 24.7 Å². The second-order valence-electron chi connectivity index (χ2n) is 6.68. The lowest BCUT2D eigenvalue weighted by molar-refractivity contribution is 0.240. The lowest BCUT2D eigenvalue weighted by atomic mass is 10.1. The Bertz CT molecular complexity index is 434. The second-order valence-corrected chi connectivity index (χ2v) is 6.68. The van der Waals surface area contributed by atoms with Gasteiger partial charge in [-0.3, -0.25) is 9.89 Å². The summed E-state index contributed by atoms with van der Waals surface area (Å²) in [5, 5.41) is 3.18. The highest BCUT2D eigenvalue weighted by atomic mass is 15.1. The van der Waals surface area contributed by atoms with Crippen LogP contribution in [0.1, 0.15) is 39.7 Å². The van der Waals surface area contributed by atoms with E-state index in [4.69, 9.17) is 5.73 Å². The Morgan fingerprint density at radius 3 is 2.48 bits per heavy atom. The third-order valence-electron chi connectivity index (χ3n) is 3.36. The molecule has 0 spiro atoms. The first kappa shape index (κ1) is 17.5. The molecule has 0 fully saturated rings. The molecular weight excluding hydrogens is 260 g/mol. The van der Waals surface area contributed by atoms with E-state index in [0.29, 0.717) is 12.0 Å². The molecule has 1 atom stereocenters. The molecule has 0 aliphatic heterocycles. The van der Waals surface area contributed by atoms with Gasteiger partial charge in [-0.25, -0.2) is 0 Å². The summed E-state index contributed by atoms with van der Waals surface area (Å²) in [5.74, 6) is 0.528. The van der Waals surface area contributed by atoms with Gasteiger partial charge in [-0.1, -0.05) is 30.3 Å². The summed E-state index contributed by atoms with van der Waals surface area (Å²) in [6.45, 7) is 10.2. The van der Waals surface area contributed by atoms with Gasteiger partial charge < -0.3 is 11.1 Å². The minimum atomic E-state index is -0.0384. The molecule has 0 heterocycles. The molecule has 0 radical (unpaired) electrons. The van der Waals surface area contributed by atoms with E-state index in [1.54, 1.807) is 0 Å². The van der Waals surface area contributed by atoms with E-state index in [1.807, 2.05) is 6.07 Å². The Labute approximate surface area is 129 Å². The van der Waals surface area contributed by atoms with E-state index >= 15 is 0 Å². The quantitative estimate of drug-likeness (QED) is 0.625. The number of nitrogens with two attached hydrogens (primary N) is 1. The molecule has 0 aliphatic carbocycles. The molecule has 0 saturated carbocycles. The first-order valence-electron chi connectivity index (χ1n) is 7.60. The molecule has 118 valence electrons. The number of aliphatic imine (C=N–C) groups is 1. The average Bonchev–Trinajstić information content (AvgIpc) is 2.37. The molecule has 0 saturated heterocycles. The van der Waals surface area contributed by atoms with Gasteiger partial charge in [0.25, 0.3) is 0 Å². The summed E-state index contributed by atoms with van der Waals surface area (Å²) in [6.07, 6.45) is 0.996. The Hall–Kier alpha value is -1.55. The van der Waals surface area contributed by atoms with Crippen molar-refractivity contribution in [1.29, 1.82) is 0 Å². The normalized spacial score (nSPS) is 14.3. The van der Waals surface area contributed by atoms with Gasteiger partial charge in [0.05, 0.1) is 0 Å². The Balaban J connectivity index is 2.36. The largest absolute Gasteiger partial charge is 0.370 e. The van der Waals surface area contributed by atoms with E-state index in [-0.39, 0.29) is 5.54 Å². The van der Waals surface area contributed by atoms with Crippen molar-refractivity contribution in [2.45, 2.75) is 52.2 Å². The Morgan fingerprint density at radius 2 is 1.90 bits per heavy atom. The molecule has 0 bridgehead atoms. The van der Waals surface area contributed by atoms with Crippen LogP contribution in [0.4, 0.5) is 0 Å². The van der Waals surface area contributed by atoms with Gasteiger partial charge >= 0.3 is 0 Å². The van der Waals surface area contributed by atoms with Crippen LogP contribution >= 0.6 is 0 Å². The predicted octanol–water partition coefficient (Wildman–Crippen LogP) is 2.60. The number of guanidine groups is 1. The minimum absolute atomic E-state index is 0.0384. The SMILES string of the molecule is CC(CCN=C(N)NC(C)(C)C)N(C)Cc1ccccc1. The zero-order valence-corrected chi connectivity index (χ0v) is 14.1. The summed E-state index contributed by atoms with van der Waals surface area (Å²) in [4.78, 5) is 6.74. The smallest absolute Gasteiger partial charge is 0.188 e. The monoisotopic (exact) mass is 290 g/mol. The summed E-state index contributed by atoms with van der Waals surface area (Å²) >= 11 is 0. The fraction of sp³-hybridized carbons (Fsp3) is 0.588. The van der Waals surface area contributed by atoms with E-state index in [0.717, 1.165) is 19.5 Å². The summed E-state index contributed by atoms with van der Waals surface area (Å²) in [6, 6.07) is 11.0. The van der Waals surface area contributed by atoms with Crippen molar-refractivity contribution in [1.82, 2.24) is 10.2 Å². The van der Waals surface area contributed by atoms with Crippen molar-refractivity contribution in [2.75, 3.05) is 13.6 Å². The number of rotatable bonds is 6. The zero-order valence-electron chi connectivity index (χ0n) is 14.1. The zero-order chi connectivity index (χ0) is 15.9. The Morgan fingerprint density at radius 1 is 1.29 bits per heavy atom. The molecule has 4 nitrogen and oxygen atoms in total. The number of hydrogen-bond donors (Lipinski definition) is 2. The first-order valence-corrected chi connectivity index (χ1v) is 7.60.